The van der Waals surface area contributed by atoms with Crippen molar-refractivity contribution in [2.24, 2.45) is 0 Å². The predicted octanol–water partition coefficient (Wildman–Crippen LogP) is 4.43. The van der Waals surface area contributed by atoms with Crippen LogP contribution in [0.4, 0.5) is 0 Å². The van der Waals surface area contributed by atoms with E-state index in [1.54, 1.807) is 32.2 Å². The zero-order valence-corrected chi connectivity index (χ0v) is 15.2. The highest BCUT2D eigenvalue weighted by Crippen LogP contribution is 2.27. The van der Waals surface area contributed by atoms with Gasteiger partial charge in [0.05, 0.1) is 17.1 Å². The molecule has 0 N–H and O–H groups in total. The van der Waals surface area contributed by atoms with E-state index in [0.29, 0.717) is 21.7 Å². The molecule has 3 rings (SSSR count). The number of nitrogens with zero attached hydrogens (tertiary/aromatic N) is 2. The van der Waals surface area contributed by atoms with Crippen LogP contribution in [-0.2, 0) is 4.74 Å². The quantitative estimate of drug-likeness (QED) is 0.587. The van der Waals surface area contributed by atoms with Crippen LogP contribution in [-0.4, -0.2) is 23.3 Å². The van der Waals surface area contributed by atoms with E-state index in [4.69, 9.17) is 13.9 Å². The molecule has 0 saturated carbocycles. The number of ether oxygens (including phenoxy) is 2. The Morgan fingerprint density at radius 3 is 2.60 bits per heavy atom. The third kappa shape index (κ3) is 3.88. The Hall–Kier alpha value is -2.67. The molecule has 0 fully saturated rings. The molecule has 1 heterocycles. The monoisotopic (exact) mass is 402 g/mol. The van der Waals surface area contributed by atoms with Crippen molar-refractivity contribution in [3.05, 3.63) is 64.5 Å². The SMILES string of the molecule is COc1ccc(C(=O)O[C@@H](C)c2nnc(-c3ccccc3)o2)cc1Br. The summed E-state index contributed by atoms with van der Waals surface area (Å²) >= 11 is 3.34. The van der Waals surface area contributed by atoms with Crippen LogP contribution in [0.25, 0.3) is 11.5 Å². The normalized spacial score (nSPS) is 11.8. The van der Waals surface area contributed by atoms with Crippen LogP contribution in [0, 0.1) is 0 Å². The first kappa shape index (κ1) is 17.2. The van der Waals surface area contributed by atoms with Gasteiger partial charge in [0, 0.05) is 5.56 Å². The number of hydrogen-bond donors (Lipinski definition) is 0. The van der Waals surface area contributed by atoms with Crippen molar-refractivity contribution in [2.75, 3.05) is 7.11 Å². The van der Waals surface area contributed by atoms with E-state index in [1.165, 1.54) is 0 Å². The first-order valence-corrected chi connectivity index (χ1v) is 8.31. The van der Waals surface area contributed by atoms with Gasteiger partial charge in [0.25, 0.3) is 5.89 Å². The second-order valence-corrected chi connectivity index (χ2v) is 6.06. The summed E-state index contributed by atoms with van der Waals surface area (Å²) in [7, 11) is 1.56. The molecule has 6 nitrogen and oxygen atoms in total. The Morgan fingerprint density at radius 1 is 1.16 bits per heavy atom. The van der Waals surface area contributed by atoms with Crippen LogP contribution in [0.15, 0.2) is 57.4 Å². The van der Waals surface area contributed by atoms with Gasteiger partial charge in [0.2, 0.25) is 5.89 Å². The maximum Gasteiger partial charge on any atom is 0.338 e. The number of rotatable bonds is 5. The van der Waals surface area contributed by atoms with Crippen LogP contribution in [0.2, 0.25) is 0 Å². The van der Waals surface area contributed by atoms with Crippen molar-refractivity contribution in [1.82, 2.24) is 10.2 Å². The fourth-order valence-corrected chi connectivity index (χ4v) is 2.71. The number of carbonyl (C=O) groups excluding carboxylic acids is 1. The van der Waals surface area contributed by atoms with Crippen LogP contribution < -0.4 is 4.74 Å². The lowest BCUT2D eigenvalue weighted by Gasteiger charge is -2.10. The maximum atomic E-state index is 12.3. The molecule has 1 atom stereocenters. The summed E-state index contributed by atoms with van der Waals surface area (Å²) in [6.07, 6.45) is -0.668. The van der Waals surface area contributed by atoms with Gasteiger partial charge in [-0.25, -0.2) is 4.79 Å². The van der Waals surface area contributed by atoms with Gasteiger partial charge in [0.1, 0.15) is 5.75 Å². The maximum absolute atomic E-state index is 12.3. The molecule has 0 unspecified atom stereocenters. The van der Waals surface area contributed by atoms with Crippen molar-refractivity contribution in [3.63, 3.8) is 0 Å². The second kappa shape index (κ2) is 7.48. The van der Waals surface area contributed by atoms with Gasteiger partial charge in [-0.3, -0.25) is 0 Å². The molecular formula is C18H15BrN2O4. The minimum absolute atomic E-state index is 0.236. The van der Waals surface area contributed by atoms with Crippen LogP contribution in [0.5, 0.6) is 5.75 Å². The highest BCUT2D eigenvalue weighted by Gasteiger charge is 2.20. The van der Waals surface area contributed by atoms with Gasteiger partial charge in [0.15, 0.2) is 6.10 Å². The number of aromatic nitrogens is 2. The number of hydrogen-bond acceptors (Lipinski definition) is 6. The molecule has 0 radical (unpaired) electrons. The van der Waals surface area contributed by atoms with E-state index >= 15 is 0 Å². The van der Waals surface area contributed by atoms with Crippen molar-refractivity contribution in [3.8, 4) is 17.2 Å². The lowest BCUT2D eigenvalue weighted by molar-refractivity contribution is 0.0280. The van der Waals surface area contributed by atoms with Gasteiger partial charge >= 0.3 is 5.97 Å². The summed E-state index contributed by atoms with van der Waals surface area (Å²) in [6.45, 7) is 1.68. The molecule has 128 valence electrons. The number of halogens is 1. The van der Waals surface area contributed by atoms with E-state index in [0.717, 1.165) is 5.56 Å². The average molecular weight is 403 g/mol. The minimum Gasteiger partial charge on any atom is -0.496 e. The molecule has 0 aliphatic heterocycles. The summed E-state index contributed by atoms with van der Waals surface area (Å²) in [4.78, 5) is 12.3. The van der Waals surface area contributed by atoms with Crippen molar-refractivity contribution < 1.29 is 18.7 Å². The first-order valence-electron chi connectivity index (χ1n) is 7.52. The Bertz CT molecular complexity index is 880. The van der Waals surface area contributed by atoms with Crippen molar-refractivity contribution in [2.45, 2.75) is 13.0 Å². The van der Waals surface area contributed by atoms with E-state index in [-0.39, 0.29) is 5.89 Å². The van der Waals surface area contributed by atoms with Gasteiger partial charge in [-0.05, 0) is 53.2 Å². The lowest BCUT2D eigenvalue weighted by atomic mass is 10.2. The highest BCUT2D eigenvalue weighted by molar-refractivity contribution is 9.10. The standard InChI is InChI=1S/C18H15BrN2O4/c1-11(16-20-21-17(25-16)12-6-4-3-5-7-12)24-18(22)13-8-9-15(23-2)14(19)10-13/h3-11H,1-2H3/t11-/m0/s1. The van der Waals surface area contributed by atoms with Gasteiger partial charge in [-0.1, -0.05) is 18.2 Å². The lowest BCUT2D eigenvalue weighted by Crippen LogP contribution is -2.09. The molecule has 0 aliphatic rings. The zero-order valence-electron chi connectivity index (χ0n) is 13.6. The summed E-state index contributed by atoms with van der Waals surface area (Å²) in [5.41, 5.74) is 1.20. The molecule has 1 aromatic heterocycles. The van der Waals surface area contributed by atoms with E-state index in [2.05, 4.69) is 26.1 Å². The smallest absolute Gasteiger partial charge is 0.338 e. The molecule has 2 aromatic carbocycles. The largest absolute Gasteiger partial charge is 0.496 e. The number of esters is 1. The van der Waals surface area contributed by atoms with Crippen molar-refractivity contribution >= 4 is 21.9 Å². The Labute approximate surface area is 152 Å². The highest BCUT2D eigenvalue weighted by atomic mass is 79.9. The topological polar surface area (TPSA) is 74.5 Å². The molecule has 0 spiro atoms. The van der Waals surface area contributed by atoms with E-state index in [1.807, 2.05) is 30.3 Å². The van der Waals surface area contributed by atoms with Gasteiger partial charge in [-0.15, -0.1) is 10.2 Å². The fraction of sp³-hybridized carbons (Fsp3) is 0.167. The van der Waals surface area contributed by atoms with Gasteiger partial charge < -0.3 is 13.9 Å². The third-order valence-corrected chi connectivity index (χ3v) is 4.10. The Morgan fingerprint density at radius 2 is 1.92 bits per heavy atom. The first-order chi connectivity index (χ1) is 12.1. The number of benzene rings is 2. The van der Waals surface area contributed by atoms with E-state index < -0.39 is 12.1 Å². The summed E-state index contributed by atoms with van der Waals surface area (Å²) in [5, 5.41) is 7.95. The van der Waals surface area contributed by atoms with Gasteiger partial charge in [-0.2, -0.15) is 0 Å². The third-order valence-electron chi connectivity index (χ3n) is 3.48. The van der Waals surface area contributed by atoms with Crippen molar-refractivity contribution in [1.29, 1.82) is 0 Å². The van der Waals surface area contributed by atoms with Crippen LogP contribution in [0.1, 0.15) is 29.3 Å². The minimum atomic E-state index is -0.668. The molecule has 0 bridgehead atoms. The summed E-state index contributed by atoms with van der Waals surface area (Å²) in [6, 6.07) is 14.3. The Kier molecular flexibility index (Phi) is 5.14. The summed E-state index contributed by atoms with van der Waals surface area (Å²) in [5.74, 6) is 0.759. The number of carbonyl (C=O) groups is 1. The molecule has 0 amide bonds. The number of methoxy groups -OCH3 is 1. The second-order valence-electron chi connectivity index (χ2n) is 5.21. The zero-order chi connectivity index (χ0) is 17.8. The Balaban J connectivity index is 1.72. The molecule has 3 aromatic rings. The van der Waals surface area contributed by atoms with E-state index in [9.17, 15) is 4.79 Å². The van der Waals surface area contributed by atoms with Crippen LogP contribution >= 0.6 is 15.9 Å². The molecule has 25 heavy (non-hydrogen) atoms. The predicted molar refractivity (Wildman–Crippen MR) is 94.3 cm³/mol. The molecule has 7 heteroatoms. The average Bonchev–Trinajstić information content (AvgIpc) is 3.12. The fourth-order valence-electron chi connectivity index (χ4n) is 2.17. The molecular weight excluding hydrogens is 388 g/mol. The molecule has 0 saturated heterocycles. The summed E-state index contributed by atoms with van der Waals surface area (Å²) < 4.78 is 16.8. The molecule has 0 aliphatic carbocycles. The van der Waals surface area contributed by atoms with Crippen LogP contribution in [0.3, 0.4) is 0 Å².